The van der Waals surface area contributed by atoms with Crippen LogP contribution in [0.2, 0.25) is 0 Å². The highest BCUT2D eigenvalue weighted by atomic mass is 127. The van der Waals surface area contributed by atoms with E-state index in [1.165, 1.54) is 0 Å². The molecule has 0 saturated heterocycles. The predicted octanol–water partition coefficient (Wildman–Crippen LogP) is 1.66. The van der Waals surface area contributed by atoms with Gasteiger partial charge in [-0.05, 0) is 37.6 Å². The quantitative estimate of drug-likeness (QED) is 0.219. The van der Waals surface area contributed by atoms with Crippen LogP contribution in [0.1, 0.15) is 25.5 Å². The molecule has 1 heterocycles. The highest BCUT2D eigenvalue weighted by molar-refractivity contribution is 14.0. The Balaban J connectivity index is 0.00000364. The molecular weight excluding hydrogens is 479 g/mol. The number of hydrogen-bond acceptors (Lipinski definition) is 4. The van der Waals surface area contributed by atoms with Crippen LogP contribution < -0.4 is 15.4 Å². The van der Waals surface area contributed by atoms with Crippen LogP contribution in [0.5, 0.6) is 0 Å². The van der Waals surface area contributed by atoms with Crippen molar-refractivity contribution in [3.05, 3.63) is 48.3 Å². The Labute approximate surface area is 177 Å². The summed E-state index contributed by atoms with van der Waals surface area (Å²) in [5, 5.41) is 10.8. The van der Waals surface area contributed by atoms with E-state index >= 15 is 0 Å². The normalized spacial score (nSPS) is 12.9. The third kappa shape index (κ3) is 8.26. The molecule has 2 rings (SSSR count). The second kappa shape index (κ2) is 11.2. The fourth-order valence-corrected chi connectivity index (χ4v) is 2.83. The zero-order chi connectivity index (χ0) is 19.0. The van der Waals surface area contributed by atoms with Gasteiger partial charge in [0.05, 0.1) is 24.5 Å². The van der Waals surface area contributed by atoms with Gasteiger partial charge in [0, 0.05) is 25.5 Å². The summed E-state index contributed by atoms with van der Waals surface area (Å²) in [4.78, 5) is 4.40. The third-order valence-corrected chi connectivity index (χ3v) is 4.31. The molecule has 27 heavy (non-hydrogen) atoms. The molecule has 1 unspecified atom stereocenters. The lowest BCUT2D eigenvalue weighted by Crippen LogP contribution is -2.39. The molecule has 0 aliphatic rings. The standard InChI is InChI=1S/C17H26N6O2S.HI/c1-4-18-17(19-10-11-21-26(3,24)25)22-14(2)15-7-5-8-16(13-15)23-12-6-9-20-23;/h5-9,12-14,21H,4,10-11H2,1-3H3,(H2,18,19,22);1H. The predicted molar refractivity (Wildman–Crippen MR) is 119 cm³/mol. The maximum absolute atomic E-state index is 11.1. The number of sulfonamides is 1. The number of rotatable bonds is 8. The van der Waals surface area contributed by atoms with Gasteiger partial charge in [-0.25, -0.2) is 17.8 Å². The summed E-state index contributed by atoms with van der Waals surface area (Å²) in [5.74, 6) is 0.639. The molecule has 0 bridgehead atoms. The largest absolute Gasteiger partial charge is 0.357 e. The first-order valence-corrected chi connectivity index (χ1v) is 10.4. The molecule has 1 aromatic heterocycles. The van der Waals surface area contributed by atoms with Crippen molar-refractivity contribution in [2.45, 2.75) is 19.9 Å². The van der Waals surface area contributed by atoms with Crippen molar-refractivity contribution in [3.8, 4) is 5.69 Å². The van der Waals surface area contributed by atoms with Gasteiger partial charge in [-0.1, -0.05) is 12.1 Å². The van der Waals surface area contributed by atoms with Crippen LogP contribution in [0.15, 0.2) is 47.7 Å². The Morgan fingerprint density at radius 3 is 2.74 bits per heavy atom. The molecule has 0 spiro atoms. The van der Waals surface area contributed by atoms with Gasteiger partial charge in [-0.3, -0.25) is 4.99 Å². The third-order valence-electron chi connectivity index (χ3n) is 3.58. The summed E-state index contributed by atoms with van der Waals surface area (Å²) < 4.78 is 26.4. The fourth-order valence-electron chi connectivity index (χ4n) is 2.37. The van der Waals surface area contributed by atoms with E-state index in [1.54, 1.807) is 6.20 Å². The van der Waals surface area contributed by atoms with E-state index in [9.17, 15) is 8.42 Å². The van der Waals surface area contributed by atoms with E-state index in [0.717, 1.165) is 17.5 Å². The van der Waals surface area contributed by atoms with Gasteiger partial charge in [0.2, 0.25) is 10.0 Å². The van der Waals surface area contributed by atoms with Crippen molar-refractivity contribution in [2.24, 2.45) is 4.99 Å². The molecule has 10 heteroatoms. The number of halogens is 1. The van der Waals surface area contributed by atoms with Crippen LogP contribution in [-0.2, 0) is 10.0 Å². The summed E-state index contributed by atoms with van der Waals surface area (Å²) in [6.45, 7) is 5.35. The number of hydrogen-bond donors (Lipinski definition) is 3. The molecule has 0 radical (unpaired) electrons. The van der Waals surface area contributed by atoms with Crippen LogP contribution in [0.3, 0.4) is 0 Å². The Bertz CT molecular complexity index is 824. The number of guanidine groups is 1. The van der Waals surface area contributed by atoms with Gasteiger partial charge in [0.25, 0.3) is 0 Å². The maximum atomic E-state index is 11.1. The van der Waals surface area contributed by atoms with Crippen molar-refractivity contribution in [3.63, 3.8) is 0 Å². The number of aromatic nitrogens is 2. The molecule has 2 aromatic rings. The Hall–Kier alpha value is -1.66. The maximum Gasteiger partial charge on any atom is 0.208 e. The molecule has 1 aromatic carbocycles. The zero-order valence-electron chi connectivity index (χ0n) is 15.7. The molecule has 1 atom stereocenters. The molecule has 150 valence electrons. The van der Waals surface area contributed by atoms with Crippen molar-refractivity contribution in [1.29, 1.82) is 0 Å². The minimum atomic E-state index is -3.20. The number of nitrogens with one attached hydrogen (secondary N) is 3. The SMILES string of the molecule is CCNC(=NCCNS(C)(=O)=O)NC(C)c1cccc(-n2cccn2)c1.I. The topological polar surface area (TPSA) is 100 Å². The minimum Gasteiger partial charge on any atom is -0.357 e. The first kappa shape index (κ1) is 23.4. The van der Waals surface area contributed by atoms with Crippen molar-refractivity contribution in [2.75, 3.05) is 25.9 Å². The van der Waals surface area contributed by atoms with Crippen LogP contribution >= 0.6 is 24.0 Å². The van der Waals surface area contributed by atoms with Crippen molar-refractivity contribution < 1.29 is 8.42 Å². The van der Waals surface area contributed by atoms with E-state index < -0.39 is 10.0 Å². The van der Waals surface area contributed by atoms with Crippen molar-refractivity contribution >= 4 is 40.0 Å². The molecule has 0 aliphatic heterocycles. The van der Waals surface area contributed by atoms with Crippen LogP contribution in [0.4, 0.5) is 0 Å². The summed E-state index contributed by atoms with van der Waals surface area (Å²) in [7, 11) is -3.20. The minimum absolute atomic E-state index is 0. The molecule has 3 N–H and O–H groups in total. The highest BCUT2D eigenvalue weighted by Gasteiger charge is 2.09. The smallest absolute Gasteiger partial charge is 0.208 e. The summed E-state index contributed by atoms with van der Waals surface area (Å²) in [5.41, 5.74) is 2.08. The second-order valence-corrected chi connectivity index (χ2v) is 7.67. The van der Waals surface area contributed by atoms with Crippen LogP contribution in [-0.4, -0.2) is 50.0 Å². The monoisotopic (exact) mass is 506 g/mol. The zero-order valence-corrected chi connectivity index (χ0v) is 18.9. The summed E-state index contributed by atoms with van der Waals surface area (Å²) in [6, 6.07) is 10.0. The Morgan fingerprint density at radius 1 is 1.33 bits per heavy atom. The molecule has 8 nitrogen and oxygen atoms in total. The van der Waals surface area contributed by atoms with Crippen LogP contribution in [0.25, 0.3) is 5.69 Å². The summed E-state index contributed by atoms with van der Waals surface area (Å²) in [6.07, 6.45) is 4.78. The lowest BCUT2D eigenvalue weighted by atomic mass is 10.1. The Kier molecular flexibility index (Phi) is 9.74. The lowest BCUT2D eigenvalue weighted by molar-refractivity contribution is 0.588. The lowest BCUT2D eigenvalue weighted by Gasteiger charge is -2.19. The van der Waals surface area contributed by atoms with Gasteiger partial charge in [0.1, 0.15) is 0 Å². The number of benzene rings is 1. The molecule has 0 saturated carbocycles. The first-order chi connectivity index (χ1) is 12.4. The van der Waals surface area contributed by atoms with E-state index in [1.807, 2.05) is 49.0 Å². The fraction of sp³-hybridized carbons (Fsp3) is 0.412. The molecule has 0 fully saturated rings. The number of aliphatic imine (C=N–C) groups is 1. The average molecular weight is 506 g/mol. The van der Waals surface area contributed by atoms with Gasteiger partial charge < -0.3 is 10.6 Å². The van der Waals surface area contributed by atoms with E-state index in [0.29, 0.717) is 19.0 Å². The average Bonchev–Trinajstić information content (AvgIpc) is 3.12. The van der Waals surface area contributed by atoms with Gasteiger partial charge in [-0.15, -0.1) is 24.0 Å². The van der Waals surface area contributed by atoms with E-state index in [2.05, 4.69) is 31.5 Å². The Morgan fingerprint density at radius 2 is 2.11 bits per heavy atom. The van der Waals surface area contributed by atoms with Crippen molar-refractivity contribution in [1.82, 2.24) is 25.1 Å². The highest BCUT2D eigenvalue weighted by Crippen LogP contribution is 2.16. The van der Waals surface area contributed by atoms with Crippen LogP contribution in [0, 0.1) is 0 Å². The van der Waals surface area contributed by atoms with Gasteiger partial charge in [-0.2, -0.15) is 5.10 Å². The molecular formula is C17H27IN6O2S. The first-order valence-electron chi connectivity index (χ1n) is 8.48. The van der Waals surface area contributed by atoms with Gasteiger partial charge in [0.15, 0.2) is 5.96 Å². The summed E-state index contributed by atoms with van der Waals surface area (Å²) >= 11 is 0. The van der Waals surface area contributed by atoms with E-state index in [4.69, 9.17) is 0 Å². The van der Waals surface area contributed by atoms with E-state index in [-0.39, 0.29) is 36.6 Å². The molecule has 0 aliphatic carbocycles. The van der Waals surface area contributed by atoms with Gasteiger partial charge >= 0.3 is 0 Å². The second-order valence-electron chi connectivity index (χ2n) is 5.84. The number of nitrogens with zero attached hydrogens (tertiary/aromatic N) is 3. The molecule has 0 amide bonds.